The van der Waals surface area contributed by atoms with E-state index in [-0.39, 0.29) is 19.5 Å². The molecular weight excluding hydrogens is 320 g/mol. The van der Waals surface area contributed by atoms with Gasteiger partial charge in [-0.3, -0.25) is 0 Å². The van der Waals surface area contributed by atoms with Crippen LogP contribution in [0, 0.1) is 0 Å². The third-order valence-electron chi connectivity index (χ3n) is 3.86. The van der Waals surface area contributed by atoms with Crippen LogP contribution in [0.1, 0.15) is 19.3 Å². The van der Waals surface area contributed by atoms with Gasteiger partial charge in [-0.1, -0.05) is 18.2 Å². The molecule has 0 amide bonds. The van der Waals surface area contributed by atoms with Crippen molar-refractivity contribution >= 4 is 0 Å². The molecule has 2 atom stereocenters. The number of rotatable bonds is 8. The smallest absolute Gasteiger partial charge is 0.157 e. The van der Waals surface area contributed by atoms with Crippen LogP contribution in [0.3, 0.4) is 0 Å². The molecule has 0 aromatic heterocycles. The van der Waals surface area contributed by atoms with E-state index in [2.05, 4.69) is 0 Å². The summed E-state index contributed by atoms with van der Waals surface area (Å²) in [5.41, 5.74) is 0. The molecule has 134 valence electrons. The number of hydrogen-bond acceptors (Lipinski definition) is 5. The van der Waals surface area contributed by atoms with Gasteiger partial charge >= 0.3 is 0 Å². The summed E-state index contributed by atoms with van der Waals surface area (Å²) >= 11 is 0. The molecule has 0 saturated carbocycles. The Morgan fingerprint density at radius 3 is 2.36 bits per heavy atom. The van der Waals surface area contributed by atoms with Gasteiger partial charge in [-0.2, -0.15) is 0 Å². The summed E-state index contributed by atoms with van der Waals surface area (Å²) < 4.78 is 22.3. The second-order valence-electron chi connectivity index (χ2n) is 5.98. The number of hydrogen-bond donors (Lipinski definition) is 1. The second-order valence-corrected chi connectivity index (χ2v) is 5.98. The Hall–Kier alpha value is -2.08. The van der Waals surface area contributed by atoms with Crippen LogP contribution < -0.4 is 9.47 Å². The van der Waals surface area contributed by atoms with Gasteiger partial charge in [-0.15, -0.1) is 0 Å². The van der Waals surface area contributed by atoms with Gasteiger partial charge in [0.15, 0.2) is 6.29 Å². The minimum absolute atomic E-state index is 0.172. The zero-order valence-corrected chi connectivity index (χ0v) is 14.2. The first-order valence-electron chi connectivity index (χ1n) is 8.66. The molecule has 1 heterocycles. The number of ether oxygens (including phenoxy) is 4. The lowest BCUT2D eigenvalue weighted by atomic mass is 10.2. The fraction of sp³-hybridized carbons (Fsp3) is 0.400. The molecule has 2 unspecified atom stereocenters. The van der Waals surface area contributed by atoms with Crippen LogP contribution in [-0.4, -0.2) is 37.3 Å². The molecule has 0 spiro atoms. The van der Waals surface area contributed by atoms with Gasteiger partial charge in [0, 0.05) is 6.61 Å². The minimum Gasteiger partial charge on any atom is -0.491 e. The highest BCUT2D eigenvalue weighted by atomic mass is 16.7. The fourth-order valence-corrected chi connectivity index (χ4v) is 2.53. The van der Waals surface area contributed by atoms with Gasteiger partial charge in [-0.25, -0.2) is 0 Å². The first kappa shape index (κ1) is 17.7. The monoisotopic (exact) mass is 344 g/mol. The Kier molecular flexibility index (Phi) is 6.68. The van der Waals surface area contributed by atoms with E-state index in [1.165, 1.54) is 0 Å². The van der Waals surface area contributed by atoms with E-state index in [1.54, 1.807) is 0 Å². The lowest BCUT2D eigenvalue weighted by molar-refractivity contribution is -0.177. The number of aliphatic hydroxyl groups excluding tert-OH is 1. The molecule has 2 aromatic rings. The predicted octanol–water partition coefficient (Wildman–Crippen LogP) is 3.76. The molecule has 1 N–H and O–H groups in total. The Balaban J connectivity index is 1.39. The Bertz CT molecular complexity index is 608. The summed E-state index contributed by atoms with van der Waals surface area (Å²) in [5.74, 6) is 2.19. The van der Waals surface area contributed by atoms with Crippen LogP contribution in [-0.2, 0) is 9.47 Å². The van der Waals surface area contributed by atoms with E-state index < -0.39 is 6.10 Å². The van der Waals surface area contributed by atoms with Crippen molar-refractivity contribution in [2.24, 2.45) is 0 Å². The Morgan fingerprint density at radius 2 is 1.64 bits per heavy atom. The minimum atomic E-state index is -0.689. The van der Waals surface area contributed by atoms with Crippen molar-refractivity contribution in [1.82, 2.24) is 0 Å². The molecule has 2 aromatic carbocycles. The van der Waals surface area contributed by atoms with Crippen LogP contribution in [0.4, 0.5) is 0 Å². The summed E-state index contributed by atoms with van der Waals surface area (Å²) in [7, 11) is 0. The molecule has 0 aliphatic carbocycles. The van der Waals surface area contributed by atoms with Crippen LogP contribution in [0.25, 0.3) is 0 Å². The molecule has 0 radical (unpaired) electrons. The van der Waals surface area contributed by atoms with Crippen molar-refractivity contribution in [2.45, 2.75) is 31.7 Å². The summed E-state index contributed by atoms with van der Waals surface area (Å²) in [5, 5.41) is 9.96. The predicted molar refractivity (Wildman–Crippen MR) is 94.0 cm³/mol. The highest BCUT2D eigenvalue weighted by Crippen LogP contribution is 2.23. The molecule has 1 fully saturated rings. The SMILES string of the molecule is OC(COc1ccc(Oc2ccccc2)cc1)COC1CCCCO1. The fourth-order valence-electron chi connectivity index (χ4n) is 2.53. The maximum Gasteiger partial charge on any atom is 0.157 e. The lowest BCUT2D eigenvalue weighted by Gasteiger charge is -2.24. The zero-order chi connectivity index (χ0) is 17.3. The Morgan fingerprint density at radius 1 is 0.920 bits per heavy atom. The Labute approximate surface area is 148 Å². The van der Waals surface area contributed by atoms with Gasteiger partial charge in [0.1, 0.15) is 30.0 Å². The molecule has 5 heteroatoms. The van der Waals surface area contributed by atoms with Gasteiger partial charge in [0.25, 0.3) is 0 Å². The van der Waals surface area contributed by atoms with Crippen molar-refractivity contribution in [3.8, 4) is 17.2 Å². The zero-order valence-electron chi connectivity index (χ0n) is 14.2. The van der Waals surface area contributed by atoms with Crippen molar-refractivity contribution in [3.05, 3.63) is 54.6 Å². The molecule has 1 aliphatic rings. The van der Waals surface area contributed by atoms with Crippen LogP contribution in [0.5, 0.6) is 17.2 Å². The van der Waals surface area contributed by atoms with Crippen LogP contribution in [0.15, 0.2) is 54.6 Å². The van der Waals surface area contributed by atoms with E-state index in [9.17, 15) is 5.11 Å². The topological polar surface area (TPSA) is 57.2 Å². The van der Waals surface area contributed by atoms with Crippen molar-refractivity contribution in [3.63, 3.8) is 0 Å². The summed E-state index contributed by atoms with van der Waals surface area (Å²) in [6.07, 6.45) is 2.18. The molecule has 1 saturated heterocycles. The summed E-state index contributed by atoms with van der Waals surface area (Å²) in [6.45, 7) is 1.11. The van der Waals surface area contributed by atoms with Gasteiger partial charge < -0.3 is 24.1 Å². The van der Waals surface area contributed by atoms with E-state index >= 15 is 0 Å². The maximum atomic E-state index is 9.96. The third kappa shape index (κ3) is 6.05. The van der Waals surface area contributed by atoms with E-state index in [1.807, 2.05) is 54.6 Å². The number of aliphatic hydroxyl groups is 1. The van der Waals surface area contributed by atoms with Gasteiger partial charge in [-0.05, 0) is 55.7 Å². The molecule has 0 bridgehead atoms. The van der Waals surface area contributed by atoms with E-state index in [4.69, 9.17) is 18.9 Å². The molecule has 3 rings (SSSR count). The highest BCUT2D eigenvalue weighted by Gasteiger charge is 2.16. The maximum absolute atomic E-state index is 9.96. The quantitative estimate of drug-likeness (QED) is 0.790. The third-order valence-corrected chi connectivity index (χ3v) is 3.86. The van der Waals surface area contributed by atoms with Crippen LogP contribution >= 0.6 is 0 Å². The molecule has 1 aliphatic heterocycles. The summed E-state index contributed by atoms with van der Waals surface area (Å²) in [4.78, 5) is 0. The van der Waals surface area contributed by atoms with Crippen molar-refractivity contribution in [1.29, 1.82) is 0 Å². The molecular formula is C20H24O5. The van der Waals surface area contributed by atoms with Crippen molar-refractivity contribution < 1.29 is 24.1 Å². The first-order valence-corrected chi connectivity index (χ1v) is 8.66. The summed E-state index contributed by atoms with van der Waals surface area (Å²) in [6, 6.07) is 16.9. The van der Waals surface area contributed by atoms with Crippen LogP contribution in [0.2, 0.25) is 0 Å². The highest BCUT2D eigenvalue weighted by molar-refractivity contribution is 5.35. The van der Waals surface area contributed by atoms with Crippen molar-refractivity contribution in [2.75, 3.05) is 19.8 Å². The number of benzene rings is 2. The molecule has 5 nitrogen and oxygen atoms in total. The molecule has 25 heavy (non-hydrogen) atoms. The van der Waals surface area contributed by atoms with E-state index in [0.29, 0.717) is 5.75 Å². The normalized spacial score (nSPS) is 18.5. The number of para-hydroxylation sites is 1. The average molecular weight is 344 g/mol. The average Bonchev–Trinajstić information content (AvgIpc) is 2.67. The first-order chi connectivity index (χ1) is 12.3. The second kappa shape index (κ2) is 9.42. The van der Waals surface area contributed by atoms with Gasteiger partial charge in [0.05, 0.1) is 6.61 Å². The van der Waals surface area contributed by atoms with Gasteiger partial charge in [0.2, 0.25) is 0 Å². The lowest BCUT2D eigenvalue weighted by Crippen LogP contribution is -2.29. The van der Waals surface area contributed by atoms with E-state index in [0.717, 1.165) is 37.4 Å². The largest absolute Gasteiger partial charge is 0.491 e. The standard InChI is InChI=1S/C20H24O5/c21-16(15-24-20-8-4-5-13-22-20)14-23-17-9-11-19(12-10-17)25-18-6-2-1-3-7-18/h1-3,6-7,9-12,16,20-21H,4-5,8,13-15H2.